The molecule has 0 saturated heterocycles. The van der Waals surface area contributed by atoms with E-state index in [0.717, 1.165) is 16.6 Å². The molecular weight excluding hydrogens is 394 g/mol. The van der Waals surface area contributed by atoms with E-state index in [-0.39, 0.29) is 18.0 Å². The zero-order valence-electron chi connectivity index (χ0n) is 16.6. The molecule has 0 spiro atoms. The van der Waals surface area contributed by atoms with Crippen LogP contribution in [0.4, 0.5) is 5.95 Å². The largest absolute Gasteiger partial charge is 0.472 e. The lowest BCUT2D eigenvalue weighted by atomic mass is 10.1. The third kappa shape index (κ3) is 3.83. The summed E-state index contributed by atoms with van der Waals surface area (Å²) in [7, 11) is 0. The van der Waals surface area contributed by atoms with Gasteiger partial charge in [0.15, 0.2) is 0 Å². The number of carbonyl (C=O) groups is 1. The maximum Gasteiger partial charge on any atom is 0.267 e. The van der Waals surface area contributed by atoms with E-state index >= 15 is 0 Å². The van der Waals surface area contributed by atoms with E-state index in [4.69, 9.17) is 4.74 Å². The van der Waals surface area contributed by atoms with E-state index in [9.17, 15) is 9.59 Å². The van der Waals surface area contributed by atoms with E-state index in [1.54, 1.807) is 24.3 Å². The third-order valence-corrected chi connectivity index (χ3v) is 5.03. The molecule has 8 heteroatoms. The number of imidazole rings is 1. The Morgan fingerprint density at radius 2 is 1.87 bits per heavy atom. The molecule has 0 unspecified atom stereocenters. The number of amides is 1. The Morgan fingerprint density at radius 1 is 0.968 bits per heavy atom. The predicted octanol–water partition coefficient (Wildman–Crippen LogP) is 2.84. The lowest BCUT2D eigenvalue weighted by molar-refractivity contribution is 0.102. The van der Waals surface area contributed by atoms with Gasteiger partial charge in [0.2, 0.25) is 11.8 Å². The topological polar surface area (TPSA) is 91.0 Å². The smallest absolute Gasteiger partial charge is 0.267 e. The van der Waals surface area contributed by atoms with Gasteiger partial charge in [0.05, 0.1) is 17.6 Å². The standard InChI is InChI=1S/C23H19N5O3/c29-21-11-10-20-26-28(21)15-16-6-5-7-17(14-16)22(30)25-23-24-18-8-1-2-9-19(18)27(23)12-3-4-13-31-20/h1-11,14H,12-13,15H2,(H,24,25,30). The second-order valence-corrected chi connectivity index (χ2v) is 7.14. The second-order valence-electron chi connectivity index (χ2n) is 7.14. The van der Waals surface area contributed by atoms with Gasteiger partial charge in [-0.2, -0.15) is 0 Å². The number of carbonyl (C=O) groups excluding carboxylic acids is 1. The highest BCUT2D eigenvalue weighted by atomic mass is 16.5. The summed E-state index contributed by atoms with van der Waals surface area (Å²) in [5.74, 6) is 0.559. The maximum absolute atomic E-state index is 13.0. The molecule has 0 saturated carbocycles. The highest BCUT2D eigenvalue weighted by molar-refractivity contribution is 6.04. The van der Waals surface area contributed by atoms with Gasteiger partial charge in [0.1, 0.15) is 6.61 Å². The Bertz CT molecular complexity index is 1370. The summed E-state index contributed by atoms with van der Waals surface area (Å²) in [6.45, 7) is 1.03. The van der Waals surface area contributed by atoms with Crippen LogP contribution in [0.3, 0.4) is 0 Å². The van der Waals surface area contributed by atoms with Crippen LogP contribution >= 0.6 is 0 Å². The number of nitrogens with one attached hydrogen (secondary N) is 1. The van der Waals surface area contributed by atoms with Gasteiger partial charge < -0.3 is 9.30 Å². The molecule has 2 aromatic heterocycles. The van der Waals surface area contributed by atoms with Crippen molar-refractivity contribution in [1.82, 2.24) is 19.3 Å². The first-order valence-electron chi connectivity index (χ1n) is 9.89. The number of ether oxygens (including phenoxy) is 1. The number of fused-ring (bicyclic) bond motifs is 7. The van der Waals surface area contributed by atoms with E-state index < -0.39 is 0 Å². The fraction of sp³-hybridized carbons (Fsp3) is 0.130. The molecule has 3 heterocycles. The molecule has 1 aliphatic heterocycles. The molecule has 0 aliphatic carbocycles. The van der Waals surface area contributed by atoms with Crippen molar-refractivity contribution in [3.63, 3.8) is 0 Å². The molecule has 2 aromatic carbocycles. The lowest BCUT2D eigenvalue weighted by Crippen LogP contribution is -2.23. The first-order valence-corrected chi connectivity index (χ1v) is 9.89. The molecule has 1 amide bonds. The van der Waals surface area contributed by atoms with Gasteiger partial charge in [0.25, 0.3) is 11.5 Å². The number of hydrogen-bond acceptors (Lipinski definition) is 5. The molecule has 4 bridgehead atoms. The second kappa shape index (κ2) is 7.91. The van der Waals surface area contributed by atoms with Crippen LogP contribution < -0.4 is 15.6 Å². The number of para-hydroxylation sites is 2. The lowest BCUT2D eigenvalue weighted by Gasteiger charge is -2.11. The number of nitrogens with zero attached hydrogens (tertiary/aromatic N) is 4. The van der Waals surface area contributed by atoms with Crippen molar-refractivity contribution in [2.45, 2.75) is 13.1 Å². The Labute approximate surface area is 177 Å². The molecule has 8 nitrogen and oxygen atoms in total. The highest BCUT2D eigenvalue weighted by Gasteiger charge is 2.14. The van der Waals surface area contributed by atoms with Crippen molar-refractivity contribution in [3.8, 4) is 5.88 Å². The van der Waals surface area contributed by atoms with E-state index in [2.05, 4.69) is 15.4 Å². The van der Waals surface area contributed by atoms with Gasteiger partial charge in [-0.15, -0.1) is 5.10 Å². The predicted molar refractivity (Wildman–Crippen MR) is 116 cm³/mol. The van der Waals surface area contributed by atoms with Gasteiger partial charge >= 0.3 is 0 Å². The molecule has 154 valence electrons. The Morgan fingerprint density at radius 3 is 2.81 bits per heavy atom. The van der Waals surface area contributed by atoms with Crippen molar-refractivity contribution in [2.75, 3.05) is 11.9 Å². The zero-order valence-corrected chi connectivity index (χ0v) is 16.6. The Kier molecular flexibility index (Phi) is 4.80. The van der Waals surface area contributed by atoms with E-state index in [1.165, 1.54) is 10.7 Å². The Balaban J connectivity index is 1.58. The van der Waals surface area contributed by atoms with Gasteiger partial charge in [-0.25, -0.2) is 9.67 Å². The number of benzene rings is 2. The summed E-state index contributed by atoms with van der Waals surface area (Å²) < 4.78 is 8.94. The van der Waals surface area contributed by atoms with Crippen molar-refractivity contribution in [3.05, 3.63) is 94.3 Å². The van der Waals surface area contributed by atoms with Crippen molar-refractivity contribution >= 4 is 22.9 Å². The van der Waals surface area contributed by atoms with Gasteiger partial charge in [-0.05, 0) is 35.9 Å². The number of hydrogen-bond donors (Lipinski definition) is 1. The summed E-state index contributed by atoms with van der Waals surface area (Å²) in [5, 5.41) is 7.20. The van der Waals surface area contributed by atoms with Crippen LogP contribution in [0.5, 0.6) is 5.88 Å². The summed E-state index contributed by atoms with van der Waals surface area (Å²) in [4.78, 5) is 29.8. The molecule has 0 radical (unpaired) electrons. The van der Waals surface area contributed by atoms with E-state index in [1.807, 2.05) is 47.1 Å². The minimum Gasteiger partial charge on any atom is -0.472 e. The van der Waals surface area contributed by atoms with Crippen LogP contribution in [0, 0.1) is 0 Å². The highest BCUT2D eigenvalue weighted by Crippen LogP contribution is 2.20. The summed E-state index contributed by atoms with van der Waals surface area (Å²) >= 11 is 0. The van der Waals surface area contributed by atoms with Gasteiger partial charge in [-0.1, -0.05) is 30.3 Å². The summed E-state index contributed by atoms with van der Waals surface area (Å²) in [6, 6.07) is 17.8. The first-order chi connectivity index (χ1) is 15.2. The van der Waals surface area contributed by atoms with Crippen molar-refractivity contribution in [1.29, 1.82) is 0 Å². The van der Waals surface area contributed by atoms with Crippen LogP contribution in [0.1, 0.15) is 15.9 Å². The normalized spacial score (nSPS) is 14.0. The minimum atomic E-state index is -0.271. The third-order valence-electron chi connectivity index (χ3n) is 5.03. The maximum atomic E-state index is 13.0. The van der Waals surface area contributed by atoms with Crippen molar-refractivity contribution < 1.29 is 9.53 Å². The molecule has 1 aliphatic rings. The number of aromatic nitrogens is 4. The fourth-order valence-corrected chi connectivity index (χ4v) is 3.52. The zero-order chi connectivity index (χ0) is 21.2. The van der Waals surface area contributed by atoms with Gasteiger partial charge in [-0.3, -0.25) is 14.9 Å². The number of allylic oxidation sites excluding steroid dienone is 1. The van der Waals surface area contributed by atoms with Crippen molar-refractivity contribution in [2.24, 2.45) is 0 Å². The average molecular weight is 413 g/mol. The first kappa shape index (κ1) is 18.8. The molecule has 0 fully saturated rings. The van der Waals surface area contributed by atoms with Gasteiger partial charge in [0, 0.05) is 24.2 Å². The molecule has 4 aromatic rings. The van der Waals surface area contributed by atoms with Crippen LogP contribution in [-0.4, -0.2) is 31.8 Å². The van der Waals surface area contributed by atoms with E-state index in [0.29, 0.717) is 30.5 Å². The van der Waals surface area contributed by atoms with Crippen LogP contribution in [-0.2, 0) is 13.1 Å². The molecule has 1 N–H and O–H groups in total. The van der Waals surface area contributed by atoms with Crippen LogP contribution in [0.2, 0.25) is 0 Å². The Hall–Kier alpha value is -4.20. The average Bonchev–Trinajstić information content (AvgIpc) is 3.12. The summed E-state index contributed by atoms with van der Waals surface area (Å²) in [6.07, 6.45) is 3.80. The number of anilines is 1. The van der Waals surface area contributed by atoms with Crippen LogP contribution in [0.15, 0.2) is 77.6 Å². The SMILES string of the molecule is O=C1Nc2nc3ccccc3n2CC=CCOc2ccc(=O)n(n2)Cc2cccc1c2. The molecule has 0 atom stereocenters. The van der Waals surface area contributed by atoms with Crippen LogP contribution in [0.25, 0.3) is 11.0 Å². The quantitative estimate of drug-likeness (QED) is 0.448. The molecular formula is C23H19N5O3. The minimum absolute atomic E-state index is 0.228. The molecule has 31 heavy (non-hydrogen) atoms. The molecule has 5 rings (SSSR count). The monoisotopic (exact) mass is 413 g/mol. The fourth-order valence-electron chi connectivity index (χ4n) is 3.52. The number of rotatable bonds is 0. The summed E-state index contributed by atoms with van der Waals surface area (Å²) in [5.41, 5.74) is 2.73.